The minimum atomic E-state index is -0.266. The molecule has 1 aromatic heterocycles. The van der Waals surface area contributed by atoms with Gasteiger partial charge in [-0.1, -0.05) is 65.1 Å². The number of hydrogen-bond donors (Lipinski definition) is 1. The minimum absolute atomic E-state index is 0.124. The monoisotopic (exact) mass is 454 g/mol. The van der Waals surface area contributed by atoms with Crippen molar-refractivity contribution in [3.63, 3.8) is 0 Å². The van der Waals surface area contributed by atoms with Crippen LogP contribution < -0.4 is 0 Å². The van der Waals surface area contributed by atoms with Crippen LogP contribution in [0.25, 0.3) is 10.9 Å². The molecule has 1 aliphatic heterocycles. The predicted octanol–water partition coefficient (Wildman–Crippen LogP) is 6.92. The first-order chi connectivity index (χ1) is 14.5. The molecule has 0 fully saturated rings. The van der Waals surface area contributed by atoms with E-state index < -0.39 is 0 Å². The van der Waals surface area contributed by atoms with Crippen molar-refractivity contribution in [1.29, 1.82) is 0 Å². The molecule has 4 aromatic rings. The number of rotatable bonds is 2. The number of para-hydroxylation sites is 1. The van der Waals surface area contributed by atoms with E-state index >= 15 is 0 Å². The van der Waals surface area contributed by atoms with E-state index in [-0.39, 0.29) is 11.9 Å². The maximum absolute atomic E-state index is 13.6. The topological polar surface area (TPSA) is 36.1 Å². The zero-order valence-electron chi connectivity index (χ0n) is 15.8. The third kappa shape index (κ3) is 3.27. The Bertz CT molecular complexity index is 1260. The lowest BCUT2D eigenvalue weighted by molar-refractivity contribution is 0.0692. The summed E-state index contributed by atoms with van der Waals surface area (Å²) in [6.07, 6.45) is 0.764. The van der Waals surface area contributed by atoms with Crippen molar-refractivity contribution in [3.05, 3.63) is 104 Å². The number of amides is 1. The van der Waals surface area contributed by atoms with Crippen molar-refractivity contribution < 1.29 is 4.79 Å². The Kier molecular flexibility index (Phi) is 4.98. The van der Waals surface area contributed by atoms with Gasteiger partial charge in [0, 0.05) is 33.2 Å². The molecule has 3 aromatic carbocycles. The van der Waals surface area contributed by atoms with Gasteiger partial charge in [0.2, 0.25) is 0 Å². The molecule has 0 saturated carbocycles. The Hall–Kier alpha value is -2.46. The predicted molar refractivity (Wildman–Crippen MR) is 123 cm³/mol. The number of benzene rings is 3. The minimum Gasteiger partial charge on any atom is -0.356 e. The first-order valence-electron chi connectivity index (χ1n) is 9.64. The molecule has 1 N–H and O–H groups in total. The zero-order chi connectivity index (χ0) is 20.8. The Labute approximate surface area is 189 Å². The van der Waals surface area contributed by atoms with Crippen molar-refractivity contribution in [2.24, 2.45) is 0 Å². The number of nitrogens with one attached hydrogen (secondary N) is 1. The fourth-order valence-electron chi connectivity index (χ4n) is 4.27. The van der Waals surface area contributed by atoms with Crippen molar-refractivity contribution in [2.45, 2.75) is 12.5 Å². The average Bonchev–Trinajstić information content (AvgIpc) is 3.12. The van der Waals surface area contributed by atoms with Crippen LogP contribution in [0.15, 0.2) is 66.7 Å². The third-order valence-corrected chi connectivity index (χ3v) is 6.44. The highest BCUT2D eigenvalue weighted by molar-refractivity contribution is 6.36. The number of carbonyl (C=O) groups excluding carboxylic acids is 1. The SMILES string of the molecule is O=C(c1ccc(Cl)cc1Cl)N1CCc2c([nH]c3ccccc23)[C@@H]1c1ccc(Cl)cc1. The molecule has 1 atom stereocenters. The van der Waals surface area contributed by atoms with Crippen LogP contribution in [0.2, 0.25) is 15.1 Å². The van der Waals surface area contributed by atoms with Gasteiger partial charge in [-0.15, -0.1) is 0 Å². The van der Waals surface area contributed by atoms with Gasteiger partial charge in [-0.05, 0) is 53.9 Å². The summed E-state index contributed by atoms with van der Waals surface area (Å²) in [5.74, 6) is -0.124. The smallest absolute Gasteiger partial charge is 0.256 e. The molecule has 6 heteroatoms. The molecule has 0 spiro atoms. The summed E-state index contributed by atoms with van der Waals surface area (Å²) < 4.78 is 0. The number of halogens is 3. The first kappa shape index (κ1) is 19.5. The van der Waals surface area contributed by atoms with Crippen LogP contribution >= 0.6 is 34.8 Å². The molecule has 0 saturated heterocycles. The van der Waals surface area contributed by atoms with Crippen LogP contribution in [0.3, 0.4) is 0 Å². The molecule has 1 aliphatic rings. The van der Waals surface area contributed by atoms with Crippen LogP contribution in [0.1, 0.15) is 33.2 Å². The summed E-state index contributed by atoms with van der Waals surface area (Å²) in [5.41, 5.74) is 4.78. The van der Waals surface area contributed by atoms with Crippen LogP contribution in [0.5, 0.6) is 0 Å². The standard InChI is InChI=1S/C24H17Cl3N2O/c25-15-7-5-14(6-8-15)23-22-18(17-3-1-2-4-21(17)28-22)11-12-29(23)24(30)19-10-9-16(26)13-20(19)27/h1-10,13,23,28H,11-12H2/t23-/m0/s1. The Morgan fingerprint density at radius 1 is 0.933 bits per heavy atom. The van der Waals surface area contributed by atoms with Crippen LogP contribution in [0.4, 0.5) is 0 Å². The zero-order valence-corrected chi connectivity index (χ0v) is 18.1. The van der Waals surface area contributed by atoms with E-state index in [2.05, 4.69) is 17.1 Å². The molecule has 30 heavy (non-hydrogen) atoms. The fraction of sp³-hybridized carbons (Fsp3) is 0.125. The largest absolute Gasteiger partial charge is 0.356 e. The number of H-pyrrole nitrogens is 1. The van der Waals surface area contributed by atoms with Gasteiger partial charge >= 0.3 is 0 Å². The van der Waals surface area contributed by atoms with E-state index in [1.54, 1.807) is 18.2 Å². The Morgan fingerprint density at radius 3 is 2.43 bits per heavy atom. The van der Waals surface area contributed by atoms with E-state index in [9.17, 15) is 4.79 Å². The molecule has 0 radical (unpaired) electrons. The highest BCUT2D eigenvalue weighted by atomic mass is 35.5. The normalized spacial score (nSPS) is 16.0. The maximum Gasteiger partial charge on any atom is 0.256 e. The van der Waals surface area contributed by atoms with Gasteiger partial charge in [0.25, 0.3) is 5.91 Å². The Balaban J connectivity index is 1.66. The van der Waals surface area contributed by atoms with Crippen LogP contribution in [-0.4, -0.2) is 22.3 Å². The fourth-order valence-corrected chi connectivity index (χ4v) is 4.88. The lowest BCUT2D eigenvalue weighted by atomic mass is 9.91. The van der Waals surface area contributed by atoms with E-state index in [4.69, 9.17) is 34.8 Å². The molecular formula is C24H17Cl3N2O. The van der Waals surface area contributed by atoms with Gasteiger partial charge in [0.05, 0.1) is 16.6 Å². The molecule has 2 heterocycles. The highest BCUT2D eigenvalue weighted by Crippen LogP contribution is 2.40. The number of carbonyl (C=O) groups is 1. The van der Waals surface area contributed by atoms with Gasteiger partial charge < -0.3 is 9.88 Å². The molecule has 1 amide bonds. The number of hydrogen-bond acceptors (Lipinski definition) is 1. The number of fused-ring (bicyclic) bond motifs is 3. The van der Waals surface area contributed by atoms with Gasteiger partial charge in [-0.25, -0.2) is 0 Å². The van der Waals surface area contributed by atoms with E-state index in [1.165, 1.54) is 10.9 Å². The molecule has 0 unspecified atom stereocenters. The van der Waals surface area contributed by atoms with E-state index in [0.717, 1.165) is 23.2 Å². The van der Waals surface area contributed by atoms with Crippen molar-refractivity contribution in [1.82, 2.24) is 9.88 Å². The highest BCUT2D eigenvalue weighted by Gasteiger charge is 2.35. The second-order valence-corrected chi connectivity index (χ2v) is 8.67. The molecule has 5 rings (SSSR count). The molecule has 150 valence electrons. The van der Waals surface area contributed by atoms with Crippen LogP contribution in [-0.2, 0) is 6.42 Å². The quantitative estimate of drug-likeness (QED) is 0.350. The summed E-state index contributed by atoms with van der Waals surface area (Å²) in [4.78, 5) is 19.0. The summed E-state index contributed by atoms with van der Waals surface area (Å²) in [6, 6.07) is 20.6. The van der Waals surface area contributed by atoms with Gasteiger partial charge in [-0.2, -0.15) is 0 Å². The average molecular weight is 456 g/mol. The summed E-state index contributed by atoms with van der Waals surface area (Å²) in [7, 11) is 0. The first-order valence-corrected chi connectivity index (χ1v) is 10.8. The lowest BCUT2D eigenvalue weighted by Crippen LogP contribution is -2.40. The second-order valence-electron chi connectivity index (χ2n) is 7.39. The number of aromatic amines is 1. The molecular weight excluding hydrogens is 439 g/mol. The maximum atomic E-state index is 13.6. The lowest BCUT2D eigenvalue weighted by Gasteiger charge is -2.36. The van der Waals surface area contributed by atoms with Crippen molar-refractivity contribution >= 4 is 51.6 Å². The van der Waals surface area contributed by atoms with Crippen molar-refractivity contribution in [2.75, 3.05) is 6.54 Å². The second kappa shape index (κ2) is 7.66. The molecule has 0 aliphatic carbocycles. The molecule has 3 nitrogen and oxygen atoms in total. The van der Waals surface area contributed by atoms with Crippen molar-refractivity contribution in [3.8, 4) is 0 Å². The van der Waals surface area contributed by atoms with Gasteiger partial charge in [0.15, 0.2) is 0 Å². The summed E-state index contributed by atoms with van der Waals surface area (Å²) in [6.45, 7) is 0.583. The van der Waals surface area contributed by atoms with Gasteiger partial charge in [-0.3, -0.25) is 4.79 Å². The summed E-state index contributed by atoms with van der Waals surface area (Å²) >= 11 is 18.5. The third-order valence-electron chi connectivity index (χ3n) is 5.64. The van der Waals surface area contributed by atoms with E-state index in [0.29, 0.717) is 27.2 Å². The molecule has 0 bridgehead atoms. The Morgan fingerprint density at radius 2 is 1.67 bits per heavy atom. The number of nitrogens with zero attached hydrogens (tertiary/aromatic N) is 1. The number of aromatic nitrogens is 1. The van der Waals surface area contributed by atoms with Crippen LogP contribution in [0, 0.1) is 0 Å². The summed E-state index contributed by atoms with van der Waals surface area (Å²) in [5, 5.41) is 2.71. The van der Waals surface area contributed by atoms with Gasteiger partial charge in [0.1, 0.15) is 0 Å². The van der Waals surface area contributed by atoms with E-state index in [1.807, 2.05) is 41.3 Å².